The van der Waals surface area contributed by atoms with Crippen LogP contribution < -0.4 is 5.32 Å². The predicted molar refractivity (Wildman–Crippen MR) is 74.8 cm³/mol. The summed E-state index contributed by atoms with van der Waals surface area (Å²) in [7, 11) is 0. The van der Waals surface area contributed by atoms with Crippen LogP contribution in [0.3, 0.4) is 0 Å². The molecule has 0 fully saturated rings. The summed E-state index contributed by atoms with van der Waals surface area (Å²) in [6, 6.07) is 6.53. The van der Waals surface area contributed by atoms with Gasteiger partial charge in [0.05, 0.1) is 6.33 Å². The monoisotopic (exact) mass is 243 g/mol. The van der Waals surface area contributed by atoms with Gasteiger partial charge in [0.2, 0.25) is 0 Å². The second-order valence-electron chi connectivity index (χ2n) is 5.11. The lowest BCUT2D eigenvalue weighted by atomic mass is 10.1. The Bertz CT molecular complexity index is 486. The SMILES string of the molecule is Cc1cc(-n2ccnc2)ccc1CNCC(C)C. The molecule has 1 N–H and O–H groups in total. The average Bonchev–Trinajstić information content (AvgIpc) is 2.84. The van der Waals surface area contributed by atoms with Gasteiger partial charge in [-0.3, -0.25) is 0 Å². The molecule has 0 aliphatic rings. The van der Waals surface area contributed by atoms with E-state index in [0.717, 1.165) is 18.8 Å². The number of aromatic nitrogens is 2. The predicted octanol–water partition coefficient (Wildman–Crippen LogP) is 2.93. The van der Waals surface area contributed by atoms with Gasteiger partial charge in [-0.1, -0.05) is 19.9 Å². The summed E-state index contributed by atoms with van der Waals surface area (Å²) >= 11 is 0. The minimum Gasteiger partial charge on any atom is -0.312 e. The highest BCUT2D eigenvalue weighted by Crippen LogP contribution is 2.14. The molecule has 3 nitrogen and oxygen atoms in total. The molecular formula is C15H21N3. The molecule has 1 aromatic heterocycles. The maximum Gasteiger partial charge on any atom is 0.0991 e. The van der Waals surface area contributed by atoms with E-state index in [9.17, 15) is 0 Å². The summed E-state index contributed by atoms with van der Waals surface area (Å²) in [5, 5.41) is 3.48. The fourth-order valence-corrected chi connectivity index (χ4v) is 1.95. The molecule has 3 heteroatoms. The first-order valence-electron chi connectivity index (χ1n) is 6.45. The minimum atomic E-state index is 0.690. The first-order chi connectivity index (χ1) is 8.66. The second-order valence-corrected chi connectivity index (χ2v) is 5.11. The van der Waals surface area contributed by atoms with Gasteiger partial charge in [-0.2, -0.15) is 0 Å². The number of nitrogens with zero attached hydrogens (tertiary/aromatic N) is 2. The lowest BCUT2D eigenvalue weighted by Crippen LogP contribution is -2.19. The molecule has 0 aliphatic carbocycles. The van der Waals surface area contributed by atoms with Gasteiger partial charge < -0.3 is 9.88 Å². The van der Waals surface area contributed by atoms with Crippen molar-refractivity contribution in [2.45, 2.75) is 27.3 Å². The van der Waals surface area contributed by atoms with E-state index in [4.69, 9.17) is 0 Å². The van der Waals surface area contributed by atoms with Crippen molar-refractivity contribution in [2.24, 2.45) is 5.92 Å². The number of benzene rings is 1. The summed E-state index contributed by atoms with van der Waals surface area (Å²) < 4.78 is 2.03. The van der Waals surface area contributed by atoms with Gasteiger partial charge in [0.15, 0.2) is 0 Å². The molecule has 0 saturated heterocycles. The highest BCUT2D eigenvalue weighted by molar-refractivity contribution is 5.40. The van der Waals surface area contributed by atoms with E-state index >= 15 is 0 Å². The molecular weight excluding hydrogens is 222 g/mol. The van der Waals surface area contributed by atoms with Crippen molar-refractivity contribution >= 4 is 0 Å². The molecule has 0 radical (unpaired) electrons. The van der Waals surface area contributed by atoms with Crippen molar-refractivity contribution in [3.05, 3.63) is 48.0 Å². The third kappa shape index (κ3) is 3.20. The molecule has 0 spiro atoms. The fraction of sp³-hybridized carbons (Fsp3) is 0.400. The summed E-state index contributed by atoms with van der Waals surface area (Å²) in [6.07, 6.45) is 5.59. The Morgan fingerprint density at radius 2 is 2.17 bits per heavy atom. The number of imidazole rings is 1. The van der Waals surface area contributed by atoms with Crippen LogP contribution in [-0.2, 0) is 6.54 Å². The van der Waals surface area contributed by atoms with Crippen molar-refractivity contribution in [3.63, 3.8) is 0 Å². The normalized spacial score (nSPS) is 11.1. The summed E-state index contributed by atoms with van der Waals surface area (Å²) in [5.41, 5.74) is 3.84. The standard InChI is InChI=1S/C15H21N3/c1-12(2)9-17-10-14-4-5-15(8-13(14)3)18-7-6-16-11-18/h4-8,11-12,17H,9-10H2,1-3H3. The molecule has 0 atom stereocenters. The Hall–Kier alpha value is -1.61. The Labute approximate surface area is 109 Å². The second kappa shape index (κ2) is 5.83. The van der Waals surface area contributed by atoms with Crippen LogP contribution in [0, 0.1) is 12.8 Å². The van der Waals surface area contributed by atoms with E-state index in [1.165, 1.54) is 11.1 Å². The third-order valence-corrected chi connectivity index (χ3v) is 3.00. The van der Waals surface area contributed by atoms with Crippen LogP contribution in [0.1, 0.15) is 25.0 Å². The van der Waals surface area contributed by atoms with Crippen LogP contribution >= 0.6 is 0 Å². The van der Waals surface area contributed by atoms with E-state index in [1.807, 2.05) is 17.1 Å². The summed E-state index contributed by atoms with van der Waals surface area (Å²) in [4.78, 5) is 4.07. The highest BCUT2D eigenvalue weighted by Gasteiger charge is 2.02. The number of hydrogen-bond acceptors (Lipinski definition) is 2. The zero-order valence-electron chi connectivity index (χ0n) is 11.4. The van der Waals surface area contributed by atoms with Gasteiger partial charge in [0.1, 0.15) is 0 Å². The van der Waals surface area contributed by atoms with Crippen LogP contribution in [0.5, 0.6) is 0 Å². The first kappa shape index (κ1) is 12.8. The molecule has 0 saturated carbocycles. The fourth-order valence-electron chi connectivity index (χ4n) is 1.95. The van der Waals surface area contributed by atoms with Gasteiger partial charge in [-0.25, -0.2) is 4.98 Å². The molecule has 2 rings (SSSR count). The number of rotatable bonds is 5. The molecule has 0 bridgehead atoms. The van der Waals surface area contributed by atoms with Gasteiger partial charge in [0.25, 0.3) is 0 Å². The Balaban J connectivity index is 2.06. The van der Waals surface area contributed by atoms with Gasteiger partial charge in [-0.05, 0) is 42.6 Å². The number of aryl methyl sites for hydroxylation is 1. The van der Waals surface area contributed by atoms with Crippen LogP contribution in [0.2, 0.25) is 0 Å². The lowest BCUT2D eigenvalue weighted by molar-refractivity contribution is 0.551. The molecule has 0 amide bonds. The van der Waals surface area contributed by atoms with Crippen molar-refractivity contribution < 1.29 is 0 Å². The van der Waals surface area contributed by atoms with Crippen LogP contribution in [-0.4, -0.2) is 16.1 Å². The maximum absolute atomic E-state index is 4.07. The smallest absolute Gasteiger partial charge is 0.0991 e. The van der Waals surface area contributed by atoms with Crippen molar-refractivity contribution in [2.75, 3.05) is 6.54 Å². The van der Waals surface area contributed by atoms with E-state index < -0.39 is 0 Å². The van der Waals surface area contributed by atoms with Gasteiger partial charge in [0, 0.05) is 24.6 Å². The van der Waals surface area contributed by atoms with E-state index in [0.29, 0.717) is 5.92 Å². The molecule has 96 valence electrons. The van der Waals surface area contributed by atoms with Crippen molar-refractivity contribution in [3.8, 4) is 5.69 Å². The Morgan fingerprint density at radius 1 is 1.33 bits per heavy atom. The van der Waals surface area contributed by atoms with Crippen molar-refractivity contribution in [1.29, 1.82) is 0 Å². The van der Waals surface area contributed by atoms with Crippen molar-refractivity contribution in [1.82, 2.24) is 14.9 Å². The molecule has 0 unspecified atom stereocenters. The summed E-state index contributed by atoms with van der Waals surface area (Å²) in [6.45, 7) is 8.60. The minimum absolute atomic E-state index is 0.690. The molecule has 2 aromatic rings. The van der Waals surface area contributed by atoms with E-state index in [1.54, 1.807) is 6.20 Å². The molecule has 18 heavy (non-hydrogen) atoms. The quantitative estimate of drug-likeness (QED) is 0.875. The zero-order chi connectivity index (χ0) is 13.0. The third-order valence-electron chi connectivity index (χ3n) is 3.00. The van der Waals surface area contributed by atoms with Gasteiger partial charge in [-0.15, -0.1) is 0 Å². The molecule has 1 aromatic carbocycles. The van der Waals surface area contributed by atoms with Crippen LogP contribution in [0.15, 0.2) is 36.9 Å². The maximum atomic E-state index is 4.07. The molecule has 0 aliphatic heterocycles. The van der Waals surface area contributed by atoms with Crippen LogP contribution in [0.25, 0.3) is 5.69 Å². The average molecular weight is 243 g/mol. The van der Waals surface area contributed by atoms with Gasteiger partial charge >= 0.3 is 0 Å². The largest absolute Gasteiger partial charge is 0.312 e. The summed E-state index contributed by atoms with van der Waals surface area (Å²) in [5.74, 6) is 0.690. The number of nitrogens with one attached hydrogen (secondary N) is 1. The molecule has 1 heterocycles. The lowest BCUT2D eigenvalue weighted by Gasteiger charge is -2.11. The Morgan fingerprint density at radius 3 is 2.78 bits per heavy atom. The van der Waals surface area contributed by atoms with Crippen LogP contribution in [0.4, 0.5) is 0 Å². The number of hydrogen-bond donors (Lipinski definition) is 1. The topological polar surface area (TPSA) is 29.9 Å². The Kier molecular flexibility index (Phi) is 4.15. The zero-order valence-corrected chi connectivity index (χ0v) is 11.4. The van der Waals surface area contributed by atoms with E-state index in [-0.39, 0.29) is 0 Å². The highest BCUT2D eigenvalue weighted by atomic mass is 15.0. The first-order valence-corrected chi connectivity index (χ1v) is 6.45. The van der Waals surface area contributed by atoms with E-state index in [2.05, 4.69) is 49.3 Å².